The second-order valence-corrected chi connectivity index (χ2v) is 4.93. The maximum Gasteiger partial charge on any atom is 0.339 e. The fourth-order valence-electron chi connectivity index (χ4n) is 2.46. The van der Waals surface area contributed by atoms with E-state index in [1.807, 2.05) is 12.1 Å². The number of carboxylic acid groups (broad SMARTS) is 1. The molecular formula is C16H15N3O4. The predicted molar refractivity (Wildman–Crippen MR) is 83.2 cm³/mol. The summed E-state index contributed by atoms with van der Waals surface area (Å²) in [5.41, 5.74) is 2.87. The van der Waals surface area contributed by atoms with Crippen LogP contribution < -0.4 is 9.47 Å². The summed E-state index contributed by atoms with van der Waals surface area (Å²) in [4.78, 5) is 15.4. The number of ether oxygens (including phenoxy) is 2. The Bertz CT molecular complexity index is 902. The summed E-state index contributed by atoms with van der Waals surface area (Å²) in [5.74, 6) is 0.202. The number of hydrogen-bond acceptors (Lipinski definition) is 5. The molecular weight excluding hydrogens is 298 g/mol. The molecule has 0 bridgehead atoms. The highest BCUT2D eigenvalue weighted by molar-refractivity contribution is 5.89. The molecule has 0 aliphatic rings. The molecule has 0 fully saturated rings. The van der Waals surface area contributed by atoms with Crippen LogP contribution >= 0.6 is 0 Å². The topological polar surface area (TPSA) is 86.0 Å². The van der Waals surface area contributed by atoms with E-state index in [1.54, 1.807) is 33.4 Å². The molecule has 23 heavy (non-hydrogen) atoms. The van der Waals surface area contributed by atoms with Crippen molar-refractivity contribution in [1.29, 1.82) is 0 Å². The fraction of sp³-hybridized carbons (Fsp3) is 0.188. The van der Waals surface area contributed by atoms with Crippen LogP contribution in [0.5, 0.6) is 11.5 Å². The molecule has 1 aromatic carbocycles. The smallest absolute Gasteiger partial charge is 0.339 e. The van der Waals surface area contributed by atoms with Crippen molar-refractivity contribution in [3.63, 3.8) is 0 Å². The van der Waals surface area contributed by atoms with Crippen molar-refractivity contribution < 1.29 is 19.4 Å². The van der Waals surface area contributed by atoms with Gasteiger partial charge in [-0.2, -0.15) is 5.10 Å². The van der Waals surface area contributed by atoms with Crippen LogP contribution in [0.15, 0.2) is 30.6 Å². The third kappa shape index (κ3) is 2.36. The number of fused-ring (bicyclic) bond motifs is 1. The average Bonchev–Trinajstić information content (AvgIpc) is 2.99. The van der Waals surface area contributed by atoms with Crippen LogP contribution in [0.4, 0.5) is 0 Å². The lowest BCUT2D eigenvalue weighted by molar-refractivity contribution is 0.0695. The molecule has 0 aliphatic heterocycles. The Kier molecular flexibility index (Phi) is 3.61. The molecule has 0 saturated heterocycles. The molecule has 118 valence electrons. The van der Waals surface area contributed by atoms with E-state index in [9.17, 15) is 4.79 Å². The third-order valence-corrected chi connectivity index (χ3v) is 3.69. The Balaban J connectivity index is 2.18. The maximum atomic E-state index is 11.2. The van der Waals surface area contributed by atoms with Crippen molar-refractivity contribution >= 4 is 11.6 Å². The molecule has 7 heteroatoms. The highest BCUT2D eigenvalue weighted by Gasteiger charge is 2.16. The Morgan fingerprint density at radius 3 is 2.57 bits per heavy atom. The van der Waals surface area contributed by atoms with Crippen molar-refractivity contribution in [2.75, 3.05) is 14.2 Å². The summed E-state index contributed by atoms with van der Waals surface area (Å²) in [6.45, 7) is 1.70. The number of methoxy groups -OCH3 is 2. The first-order chi connectivity index (χ1) is 11.1. The summed E-state index contributed by atoms with van der Waals surface area (Å²) < 4.78 is 12.1. The van der Waals surface area contributed by atoms with Crippen LogP contribution in [-0.2, 0) is 0 Å². The minimum Gasteiger partial charge on any atom is -0.493 e. The molecule has 3 aromatic rings. The first-order valence-electron chi connectivity index (χ1n) is 6.86. The number of aryl methyl sites for hydroxylation is 1. The molecule has 1 N–H and O–H groups in total. The van der Waals surface area contributed by atoms with Crippen molar-refractivity contribution in [2.45, 2.75) is 6.92 Å². The zero-order valence-electron chi connectivity index (χ0n) is 12.9. The van der Waals surface area contributed by atoms with Crippen molar-refractivity contribution in [3.8, 4) is 22.6 Å². The minimum absolute atomic E-state index is 0.125. The quantitative estimate of drug-likeness (QED) is 0.796. The summed E-state index contributed by atoms with van der Waals surface area (Å²) in [5, 5.41) is 13.4. The lowest BCUT2D eigenvalue weighted by atomic mass is 10.1. The van der Waals surface area contributed by atoms with Crippen LogP contribution in [0.2, 0.25) is 0 Å². The van der Waals surface area contributed by atoms with Crippen LogP contribution in [-0.4, -0.2) is 39.9 Å². The first-order valence-corrected chi connectivity index (χ1v) is 6.86. The predicted octanol–water partition coefficient (Wildman–Crippen LogP) is 2.42. The van der Waals surface area contributed by atoms with Gasteiger partial charge in [0.1, 0.15) is 0 Å². The largest absolute Gasteiger partial charge is 0.493 e. The normalized spacial score (nSPS) is 10.7. The van der Waals surface area contributed by atoms with Crippen molar-refractivity contribution in [1.82, 2.24) is 14.6 Å². The van der Waals surface area contributed by atoms with Gasteiger partial charge in [-0.1, -0.05) is 6.07 Å². The standard InChI is InChI=1S/C16H15N3O4/c1-9-11(16(20)21)7-17-15-12(8-18-19(9)15)10-4-5-13(22-2)14(6-10)23-3/h4-8H,1-3H3,(H,20,21). The lowest BCUT2D eigenvalue weighted by Crippen LogP contribution is -2.07. The lowest BCUT2D eigenvalue weighted by Gasteiger charge is -2.09. The van der Waals surface area contributed by atoms with E-state index in [0.29, 0.717) is 22.8 Å². The molecule has 3 rings (SSSR count). The summed E-state index contributed by atoms with van der Waals surface area (Å²) in [6, 6.07) is 5.51. The molecule has 0 atom stereocenters. The van der Waals surface area contributed by atoms with E-state index in [4.69, 9.17) is 14.6 Å². The summed E-state index contributed by atoms with van der Waals surface area (Å²) in [6.07, 6.45) is 3.00. The molecule has 2 aromatic heterocycles. The first kappa shape index (κ1) is 14.8. The van der Waals surface area contributed by atoms with Gasteiger partial charge < -0.3 is 14.6 Å². The summed E-state index contributed by atoms with van der Waals surface area (Å²) in [7, 11) is 3.14. The molecule has 0 radical (unpaired) electrons. The maximum absolute atomic E-state index is 11.2. The Morgan fingerprint density at radius 1 is 1.17 bits per heavy atom. The van der Waals surface area contributed by atoms with Gasteiger partial charge in [0.15, 0.2) is 17.1 Å². The van der Waals surface area contributed by atoms with E-state index in [2.05, 4.69) is 10.1 Å². The van der Waals surface area contributed by atoms with Crippen molar-refractivity contribution in [3.05, 3.63) is 41.9 Å². The van der Waals surface area contributed by atoms with E-state index in [0.717, 1.165) is 11.1 Å². The zero-order valence-corrected chi connectivity index (χ0v) is 12.9. The fourth-order valence-corrected chi connectivity index (χ4v) is 2.46. The third-order valence-electron chi connectivity index (χ3n) is 3.69. The van der Waals surface area contributed by atoms with Gasteiger partial charge in [0.05, 0.1) is 31.7 Å². The van der Waals surface area contributed by atoms with Gasteiger partial charge >= 0.3 is 5.97 Å². The van der Waals surface area contributed by atoms with Crippen molar-refractivity contribution in [2.24, 2.45) is 0 Å². The van der Waals surface area contributed by atoms with Gasteiger partial charge in [-0.15, -0.1) is 0 Å². The second kappa shape index (κ2) is 5.60. The number of rotatable bonds is 4. The van der Waals surface area contributed by atoms with E-state index in [-0.39, 0.29) is 5.56 Å². The average molecular weight is 313 g/mol. The minimum atomic E-state index is -1.03. The number of nitrogens with zero attached hydrogens (tertiary/aromatic N) is 3. The molecule has 0 spiro atoms. The van der Waals surface area contributed by atoms with E-state index in [1.165, 1.54) is 10.7 Å². The number of carboxylic acids is 1. The van der Waals surface area contributed by atoms with Crippen LogP contribution in [0.25, 0.3) is 16.8 Å². The number of benzene rings is 1. The Morgan fingerprint density at radius 2 is 1.91 bits per heavy atom. The van der Waals surface area contributed by atoms with Gasteiger partial charge in [0.2, 0.25) is 0 Å². The molecule has 0 saturated carbocycles. The molecule has 0 amide bonds. The Labute approximate surface area is 132 Å². The highest BCUT2D eigenvalue weighted by Crippen LogP contribution is 2.33. The molecule has 0 aliphatic carbocycles. The monoisotopic (exact) mass is 313 g/mol. The van der Waals surface area contributed by atoms with E-state index < -0.39 is 5.97 Å². The van der Waals surface area contributed by atoms with Gasteiger partial charge in [0.25, 0.3) is 0 Å². The Hall–Kier alpha value is -3.09. The van der Waals surface area contributed by atoms with Gasteiger partial charge in [-0.05, 0) is 24.6 Å². The molecule has 7 nitrogen and oxygen atoms in total. The molecule has 2 heterocycles. The SMILES string of the molecule is COc1ccc(-c2cnn3c(C)c(C(=O)O)cnc23)cc1OC. The number of hydrogen-bond donors (Lipinski definition) is 1. The van der Waals surface area contributed by atoms with E-state index >= 15 is 0 Å². The second-order valence-electron chi connectivity index (χ2n) is 4.93. The van der Waals surface area contributed by atoms with Gasteiger partial charge in [-0.3, -0.25) is 0 Å². The van der Waals surface area contributed by atoms with Gasteiger partial charge in [0, 0.05) is 11.8 Å². The number of aromatic carboxylic acids is 1. The van der Waals surface area contributed by atoms with Crippen LogP contribution in [0, 0.1) is 6.92 Å². The number of carbonyl (C=O) groups is 1. The zero-order chi connectivity index (χ0) is 16.6. The van der Waals surface area contributed by atoms with Crippen LogP contribution in [0.1, 0.15) is 16.1 Å². The highest BCUT2D eigenvalue weighted by atomic mass is 16.5. The van der Waals surface area contributed by atoms with Crippen LogP contribution in [0.3, 0.4) is 0 Å². The number of aromatic nitrogens is 3. The molecule has 0 unspecified atom stereocenters. The summed E-state index contributed by atoms with van der Waals surface area (Å²) >= 11 is 0. The van der Waals surface area contributed by atoms with Gasteiger partial charge in [-0.25, -0.2) is 14.3 Å².